The van der Waals surface area contributed by atoms with E-state index in [2.05, 4.69) is 28.8 Å². The molecule has 0 N–H and O–H groups in total. The van der Waals surface area contributed by atoms with E-state index in [1.807, 2.05) is 48.5 Å². The smallest absolute Gasteiger partial charge is 0.256 e. The highest BCUT2D eigenvalue weighted by Crippen LogP contribution is 1.93. The zero-order chi connectivity index (χ0) is 14.6. The molecule has 0 atom stereocenters. The molecule has 2 rings (SSSR count). The fourth-order valence-corrected chi connectivity index (χ4v) is 1.45. The summed E-state index contributed by atoms with van der Waals surface area (Å²) in [5.74, 6) is 0. The second kappa shape index (κ2) is 10.2. The average molecular weight is 274 g/mol. The van der Waals surface area contributed by atoms with Crippen LogP contribution < -0.4 is 5.46 Å². The van der Waals surface area contributed by atoms with Crippen molar-refractivity contribution in [1.29, 1.82) is 0 Å². The van der Waals surface area contributed by atoms with Crippen LogP contribution in [0.3, 0.4) is 0 Å². The van der Waals surface area contributed by atoms with Gasteiger partial charge in [0, 0.05) is 0 Å². The van der Waals surface area contributed by atoms with Gasteiger partial charge in [-0.05, 0) is 12.4 Å². The van der Waals surface area contributed by atoms with Crippen LogP contribution in [-0.2, 0) is 19.4 Å². The van der Waals surface area contributed by atoms with Crippen LogP contribution in [0.4, 0.5) is 0 Å². The van der Waals surface area contributed by atoms with Crippen LogP contribution in [0.1, 0.15) is 5.56 Å². The first kappa shape index (κ1) is 16.4. The summed E-state index contributed by atoms with van der Waals surface area (Å²) in [6.07, 6.45) is 0. The predicted octanol–water partition coefficient (Wildman–Crippen LogP) is 2.53. The minimum Gasteiger partial charge on any atom is -0.256 e. The van der Waals surface area contributed by atoms with Crippen molar-refractivity contribution in [2.24, 2.45) is 0 Å². The van der Waals surface area contributed by atoms with Gasteiger partial charge in [0.05, 0.1) is 14.2 Å². The molecule has 0 heterocycles. The normalized spacial score (nSPS) is 9.55. The maximum Gasteiger partial charge on any atom is 0.554 e. The summed E-state index contributed by atoms with van der Waals surface area (Å²) in [7, 11) is 2.17. The maximum absolute atomic E-state index is 4.82. The summed E-state index contributed by atoms with van der Waals surface area (Å²) in [4.78, 5) is 18.7. The van der Waals surface area contributed by atoms with E-state index >= 15 is 0 Å². The first-order valence-corrected chi connectivity index (χ1v) is 6.23. The highest BCUT2D eigenvalue weighted by molar-refractivity contribution is 6.60. The highest BCUT2D eigenvalue weighted by atomic mass is 17.3. The number of hydrogen-bond acceptors (Lipinski definition) is 4. The molecule has 0 unspecified atom stereocenters. The Hall–Kier alpha value is -1.66. The molecule has 0 aromatic heterocycles. The number of benzene rings is 2. The third-order valence-electron chi connectivity index (χ3n) is 2.38. The second-order valence-corrected chi connectivity index (χ2v) is 3.92. The fourth-order valence-electron chi connectivity index (χ4n) is 1.45. The third-order valence-corrected chi connectivity index (χ3v) is 2.38. The summed E-state index contributed by atoms with van der Waals surface area (Å²) in [5.41, 5.74) is 2.15. The molecule has 0 spiro atoms. The van der Waals surface area contributed by atoms with E-state index in [0.29, 0.717) is 0 Å². The standard InChI is InChI=1S/C8H11BO4.C7H8/c1-10-12-9(13-11-2)8-6-4-3-5-7-8;1-7-5-3-2-4-6-7/h3-7H,1-2H3;2-6H,1H3. The van der Waals surface area contributed by atoms with E-state index in [1.54, 1.807) is 0 Å². The molecule has 0 amide bonds. The Morgan fingerprint density at radius 2 is 1.15 bits per heavy atom. The van der Waals surface area contributed by atoms with Gasteiger partial charge >= 0.3 is 7.12 Å². The molecule has 106 valence electrons. The summed E-state index contributed by atoms with van der Waals surface area (Å²) in [6, 6.07) is 19.6. The molecule has 0 aliphatic carbocycles. The van der Waals surface area contributed by atoms with E-state index in [-0.39, 0.29) is 0 Å². The van der Waals surface area contributed by atoms with E-state index in [4.69, 9.17) is 9.61 Å². The van der Waals surface area contributed by atoms with Gasteiger partial charge in [0.1, 0.15) is 0 Å². The van der Waals surface area contributed by atoms with E-state index in [1.165, 1.54) is 19.8 Å². The minimum atomic E-state index is -0.656. The van der Waals surface area contributed by atoms with E-state index in [0.717, 1.165) is 5.46 Å². The lowest BCUT2D eigenvalue weighted by atomic mass is 9.80. The topological polar surface area (TPSA) is 36.9 Å². The van der Waals surface area contributed by atoms with Gasteiger partial charge in [-0.1, -0.05) is 66.2 Å². The van der Waals surface area contributed by atoms with Crippen molar-refractivity contribution in [1.82, 2.24) is 0 Å². The lowest BCUT2D eigenvalue weighted by Gasteiger charge is -2.09. The first-order valence-electron chi connectivity index (χ1n) is 6.23. The molecule has 4 nitrogen and oxygen atoms in total. The quantitative estimate of drug-likeness (QED) is 0.477. The lowest BCUT2D eigenvalue weighted by Crippen LogP contribution is -2.36. The molecular weight excluding hydrogens is 255 g/mol. The van der Waals surface area contributed by atoms with Gasteiger partial charge in [-0.3, -0.25) is 19.4 Å². The number of hydrogen-bond donors (Lipinski definition) is 0. The summed E-state index contributed by atoms with van der Waals surface area (Å²) in [5, 5.41) is 0. The van der Waals surface area contributed by atoms with Crippen molar-refractivity contribution in [3.8, 4) is 0 Å². The van der Waals surface area contributed by atoms with Crippen molar-refractivity contribution in [3.05, 3.63) is 66.2 Å². The molecule has 5 heteroatoms. The molecule has 0 fully saturated rings. The van der Waals surface area contributed by atoms with Gasteiger partial charge in [0.25, 0.3) is 0 Å². The average Bonchev–Trinajstić information content (AvgIpc) is 2.49. The predicted molar refractivity (Wildman–Crippen MR) is 79.2 cm³/mol. The Morgan fingerprint density at radius 3 is 1.50 bits per heavy atom. The molecule has 0 saturated heterocycles. The fraction of sp³-hybridized carbons (Fsp3) is 0.200. The Morgan fingerprint density at radius 1 is 0.700 bits per heavy atom. The molecule has 0 aliphatic rings. The van der Waals surface area contributed by atoms with Crippen molar-refractivity contribution >= 4 is 12.6 Å². The minimum absolute atomic E-state index is 0.656. The Balaban J connectivity index is 0.000000240. The zero-order valence-corrected chi connectivity index (χ0v) is 12.0. The molecule has 2 aromatic carbocycles. The third kappa shape index (κ3) is 6.49. The molecule has 20 heavy (non-hydrogen) atoms. The van der Waals surface area contributed by atoms with Crippen molar-refractivity contribution in [2.75, 3.05) is 14.2 Å². The largest absolute Gasteiger partial charge is 0.554 e. The molecule has 0 aliphatic heterocycles. The van der Waals surface area contributed by atoms with Gasteiger partial charge in [-0.15, -0.1) is 0 Å². The van der Waals surface area contributed by atoms with Crippen molar-refractivity contribution in [2.45, 2.75) is 6.92 Å². The van der Waals surface area contributed by atoms with Crippen LogP contribution >= 0.6 is 0 Å². The van der Waals surface area contributed by atoms with Crippen molar-refractivity contribution in [3.63, 3.8) is 0 Å². The van der Waals surface area contributed by atoms with Gasteiger partial charge < -0.3 is 0 Å². The van der Waals surface area contributed by atoms with Crippen LogP contribution in [0.15, 0.2) is 60.7 Å². The van der Waals surface area contributed by atoms with Gasteiger partial charge in [-0.25, -0.2) is 0 Å². The van der Waals surface area contributed by atoms with Crippen molar-refractivity contribution < 1.29 is 19.4 Å². The second-order valence-electron chi connectivity index (χ2n) is 3.92. The monoisotopic (exact) mass is 274 g/mol. The zero-order valence-electron chi connectivity index (χ0n) is 12.0. The summed E-state index contributed by atoms with van der Waals surface area (Å²) < 4.78 is 0. The van der Waals surface area contributed by atoms with Crippen LogP contribution in [0, 0.1) is 6.92 Å². The molecule has 0 radical (unpaired) electrons. The Labute approximate surface area is 120 Å². The molecule has 2 aromatic rings. The molecule has 0 bridgehead atoms. The van der Waals surface area contributed by atoms with Crippen LogP contribution in [-0.4, -0.2) is 21.3 Å². The summed E-state index contributed by atoms with van der Waals surface area (Å²) in [6.45, 7) is 2.08. The van der Waals surface area contributed by atoms with Gasteiger partial charge in [0.2, 0.25) is 0 Å². The highest BCUT2D eigenvalue weighted by Gasteiger charge is 2.23. The maximum atomic E-state index is 4.82. The van der Waals surface area contributed by atoms with Gasteiger partial charge in [0.15, 0.2) is 0 Å². The van der Waals surface area contributed by atoms with E-state index < -0.39 is 7.12 Å². The first-order chi connectivity index (χ1) is 9.77. The molecule has 0 saturated carbocycles. The van der Waals surface area contributed by atoms with Crippen LogP contribution in [0.2, 0.25) is 0 Å². The van der Waals surface area contributed by atoms with Crippen LogP contribution in [0.5, 0.6) is 0 Å². The molecular formula is C15H19BO4. The van der Waals surface area contributed by atoms with Gasteiger partial charge in [-0.2, -0.15) is 0 Å². The van der Waals surface area contributed by atoms with E-state index in [9.17, 15) is 0 Å². The summed E-state index contributed by atoms with van der Waals surface area (Å²) >= 11 is 0. The Bertz CT molecular complexity index is 444. The Kier molecular flexibility index (Phi) is 8.34. The number of aryl methyl sites for hydroxylation is 1. The lowest BCUT2D eigenvalue weighted by molar-refractivity contribution is -0.254. The number of rotatable bonds is 5. The SMILES string of the molecule is COOB(OOC)c1ccccc1.Cc1ccccc1. The van der Waals surface area contributed by atoms with Crippen LogP contribution in [0.25, 0.3) is 0 Å².